The van der Waals surface area contributed by atoms with Crippen molar-refractivity contribution in [2.24, 2.45) is 0 Å². The van der Waals surface area contributed by atoms with Gasteiger partial charge in [-0.3, -0.25) is 9.59 Å². The van der Waals surface area contributed by atoms with Gasteiger partial charge in [0.2, 0.25) is 0 Å². The molecule has 6 nitrogen and oxygen atoms in total. The van der Waals surface area contributed by atoms with Gasteiger partial charge in [0, 0.05) is 13.8 Å². The molecule has 0 amide bonds. The van der Waals surface area contributed by atoms with E-state index in [1.165, 1.54) is 13.8 Å². The quantitative estimate of drug-likeness (QED) is 0.525. The Bertz CT molecular complexity index is 357. The minimum absolute atomic E-state index is 0.140. The molecule has 0 bridgehead atoms. The number of likely N-dealkylation sites (N-methyl/N-ethyl adjacent to an activating group) is 1. The van der Waals surface area contributed by atoms with Crippen LogP contribution in [0.15, 0.2) is 0 Å². The lowest BCUT2D eigenvalue weighted by atomic mass is 10.0. The van der Waals surface area contributed by atoms with Gasteiger partial charge in [-0.1, -0.05) is 0 Å². The summed E-state index contributed by atoms with van der Waals surface area (Å²) in [6.45, 7) is 7.81. The summed E-state index contributed by atoms with van der Waals surface area (Å²) in [5, 5.41) is 0. The zero-order chi connectivity index (χ0) is 13.8. The average Bonchev–Trinajstić information content (AvgIpc) is 2.61. The molecule has 0 aromatic carbocycles. The summed E-state index contributed by atoms with van der Waals surface area (Å²) in [6, 6.07) is 0. The highest BCUT2D eigenvalue weighted by Crippen LogP contribution is 2.20. The van der Waals surface area contributed by atoms with E-state index in [1.54, 1.807) is 0 Å². The molecule has 102 valence electrons. The van der Waals surface area contributed by atoms with Crippen molar-refractivity contribution in [3.8, 4) is 0 Å². The molecule has 0 N–H and O–H groups in total. The Labute approximate surface area is 107 Å². The molecule has 1 heterocycles. The molecule has 0 fully saturated rings. The van der Waals surface area contributed by atoms with E-state index in [-0.39, 0.29) is 25.2 Å². The Kier molecular flexibility index (Phi) is 4.69. The second kappa shape index (κ2) is 5.84. The van der Waals surface area contributed by atoms with Gasteiger partial charge in [-0.05, 0) is 6.92 Å². The molecule has 0 aromatic rings. The van der Waals surface area contributed by atoms with Crippen LogP contribution in [0.5, 0.6) is 0 Å². The lowest BCUT2D eigenvalue weighted by Crippen LogP contribution is -2.51. The van der Waals surface area contributed by atoms with Gasteiger partial charge >= 0.3 is 17.8 Å². The minimum atomic E-state index is -0.615. The van der Waals surface area contributed by atoms with Crippen LogP contribution in [0.1, 0.15) is 27.7 Å². The van der Waals surface area contributed by atoms with Crippen molar-refractivity contribution < 1.29 is 28.4 Å². The maximum absolute atomic E-state index is 11.0. The first-order chi connectivity index (χ1) is 8.41. The molecular formula is C12H20NO5+. The number of rotatable bonds is 5. The summed E-state index contributed by atoms with van der Waals surface area (Å²) >= 11 is 0. The van der Waals surface area contributed by atoms with Crippen LogP contribution in [0.3, 0.4) is 0 Å². The number of hydrogen-bond donors (Lipinski definition) is 0. The molecule has 18 heavy (non-hydrogen) atoms. The van der Waals surface area contributed by atoms with Crippen molar-refractivity contribution in [3.05, 3.63) is 0 Å². The predicted octanol–water partition coefficient (Wildman–Crippen LogP) is 0.332. The summed E-state index contributed by atoms with van der Waals surface area (Å²) in [6.07, 6.45) is 0. The third kappa shape index (κ3) is 3.21. The van der Waals surface area contributed by atoms with E-state index in [9.17, 15) is 9.59 Å². The van der Waals surface area contributed by atoms with Crippen molar-refractivity contribution in [3.63, 3.8) is 0 Å². The molecule has 0 aliphatic carbocycles. The number of nitrogens with zero attached hydrogens (tertiary/aromatic N) is 1. The van der Waals surface area contributed by atoms with Crippen LogP contribution in [-0.4, -0.2) is 54.3 Å². The Morgan fingerprint density at radius 1 is 1.28 bits per heavy atom. The highest BCUT2D eigenvalue weighted by molar-refractivity contribution is 5.69. The summed E-state index contributed by atoms with van der Waals surface area (Å²) in [4.78, 5) is 21.9. The first-order valence-corrected chi connectivity index (χ1v) is 5.92. The van der Waals surface area contributed by atoms with Crippen LogP contribution in [0.25, 0.3) is 0 Å². The molecule has 1 aliphatic heterocycles. The Morgan fingerprint density at radius 3 is 2.17 bits per heavy atom. The Hall–Kier alpha value is -1.59. The van der Waals surface area contributed by atoms with Gasteiger partial charge in [0.25, 0.3) is 5.54 Å². The van der Waals surface area contributed by atoms with Crippen molar-refractivity contribution >= 4 is 17.8 Å². The van der Waals surface area contributed by atoms with Crippen molar-refractivity contribution in [2.45, 2.75) is 33.2 Å². The first-order valence-electron chi connectivity index (χ1n) is 5.92. The van der Waals surface area contributed by atoms with E-state index >= 15 is 0 Å². The van der Waals surface area contributed by atoms with E-state index in [2.05, 4.69) is 0 Å². The Balaban J connectivity index is 2.87. The second-order valence-corrected chi connectivity index (χ2v) is 4.34. The predicted molar refractivity (Wildman–Crippen MR) is 63.4 cm³/mol. The SMILES string of the molecule is CC[N+]1=C(C)OCC1(COC(C)=O)COC(C)=O. The number of carbonyl (C=O) groups is 2. The normalized spacial score (nSPS) is 17.3. The van der Waals surface area contributed by atoms with Crippen molar-refractivity contribution in [1.82, 2.24) is 0 Å². The molecule has 0 radical (unpaired) electrons. The molecule has 0 saturated heterocycles. The Morgan fingerprint density at radius 2 is 1.78 bits per heavy atom. The molecule has 0 unspecified atom stereocenters. The van der Waals surface area contributed by atoms with Gasteiger partial charge < -0.3 is 14.2 Å². The van der Waals surface area contributed by atoms with E-state index in [0.29, 0.717) is 13.2 Å². The standard InChI is InChI=1S/C12H20NO5/c1-5-13-9(2)16-6-12(13,7-17-10(3)14)8-18-11(4)15/h5-8H2,1-4H3/q+1. The zero-order valence-corrected chi connectivity index (χ0v) is 11.3. The van der Waals surface area contributed by atoms with Crippen LogP contribution >= 0.6 is 0 Å². The fourth-order valence-electron chi connectivity index (χ4n) is 2.04. The molecular weight excluding hydrogens is 238 g/mol. The van der Waals surface area contributed by atoms with Gasteiger partial charge in [-0.2, -0.15) is 4.58 Å². The fraction of sp³-hybridized carbons (Fsp3) is 0.750. The van der Waals surface area contributed by atoms with E-state index in [4.69, 9.17) is 14.2 Å². The maximum Gasteiger partial charge on any atom is 0.334 e. The summed E-state index contributed by atoms with van der Waals surface area (Å²) in [5.74, 6) is 0.0208. The third-order valence-corrected chi connectivity index (χ3v) is 2.91. The molecule has 6 heteroatoms. The van der Waals surface area contributed by atoms with Gasteiger partial charge in [0.15, 0.2) is 19.8 Å². The zero-order valence-electron chi connectivity index (χ0n) is 11.3. The first kappa shape index (κ1) is 14.5. The molecule has 1 rings (SSSR count). The summed E-state index contributed by atoms with van der Waals surface area (Å²) in [5.41, 5.74) is -0.615. The number of carbonyl (C=O) groups excluding carboxylic acids is 2. The van der Waals surface area contributed by atoms with Crippen LogP contribution in [0.4, 0.5) is 0 Å². The smallest absolute Gasteiger partial charge is 0.334 e. The van der Waals surface area contributed by atoms with Gasteiger partial charge in [0.05, 0.1) is 6.92 Å². The number of hydrogen-bond acceptors (Lipinski definition) is 5. The summed E-state index contributed by atoms with van der Waals surface area (Å²) in [7, 11) is 0. The molecule has 0 aromatic heterocycles. The van der Waals surface area contributed by atoms with Crippen molar-refractivity contribution in [2.75, 3.05) is 26.4 Å². The lowest BCUT2D eigenvalue weighted by Gasteiger charge is -2.23. The van der Waals surface area contributed by atoms with Crippen LogP contribution in [0.2, 0.25) is 0 Å². The lowest BCUT2D eigenvalue weighted by molar-refractivity contribution is -0.601. The van der Waals surface area contributed by atoms with E-state index in [0.717, 1.165) is 5.90 Å². The van der Waals surface area contributed by atoms with Crippen molar-refractivity contribution in [1.29, 1.82) is 0 Å². The topological polar surface area (TPSA) is 64.8 Å². The van der Waals surface area contributed by atoms with Gasteiger partial charge in [-0.15, -0.1) is 0 Å². The number of esters is 2. The molecule has 0 atom stereocenters. The molecule has 1 aliphatic rings. The van der Waals surface area contributed by atoms with Crippen LogP contribution in [0, 0.1) is 0 Å². The van der Waals surface area contributed by atoms with Crippen LogP contribution < -0.4 is 0 Å². The van der Waals surface area contributed by atoms with Gasteiger partial charge in [-0.25, -0.2) is 0 Å². The number of ether oxygens (including phenoxy) is 3. The van der Waals surface area contributed by atoms with Gasteiger partial charge in [0.1, 0.15) is 6.54 Å². The maximum atomic E-state index is 11.0. The highest BCUT2D eigenvalue weighted by atomic mass is 16.6. The average molecular weight is 258 g/mol. The van der Waals surface area contributed by atoms with Crippen LogP contribution in [-0.2, 0) is 23.8 Å². The monoisotopic (exact) mass is 258 g/mol. The fourth-order valence-corrected chi connectivity index (χ4v) is 2.04. The highest BCUT2D eigenvalue weighted by Gasteiger charge is 2.50. The third-order valence-electron chi connectivity index (χ3n) is 2.91. The largest absolute Gasteiger partial charge is 0.458 e. The van der Waals surface area contributed by atoms with E-state index < -0.39 is 5.54 Å². The second-order valence-electron chi connectivity index (χ2n) is 4.34. The molecule has 0 saturated carbocycles. The minimum Gasteiger partial charge on any atom is -0.458 e. The summed E-state index contributed by atoms with van der Waals surface area (Å²) < 4.78 is 17.6. The van der Waals surface area contributed by atoms with E-state index in [1.807, 2.05) is 18.4 Å². The molecule has 0 spiro atoms.